The van der Waals surface area contributed by atoms with Gasteiger partial charge in [-0.05, 0) is 12.8 Å². The number of phenolic OH excluding ortho intramolecular Hbond substituents is 1. The maximum Gasteiger partial charge on any atom is 0.168 e. The molecule has 0 spiro atoms. The number of phenols is 1. The van der Waals surface area contributed by atoms with Crippen LogP contribution >= 0.6 is 0 Å². The number of hydrogen-bond donors (Lipinski definition) is 2. The first-order chi connectivity index (χ1) is 6.11. The lowest BCUT2D eigenvalue weighted by atomic mass is 10.1. The molecular formula is C9H9F2NO. The van der Waals surface area contributed by atoms with E-state index in [0.717, 1.165) is 0 Å². The van der Waals surface area contributed by atoms with Gasteiger partial charge in [-0.2, -0.15) is 0 Å². The summed E-state index contributed by atoms with van der Waals surface area (Å²) in [5.74, 6) is -2.02. The Kier molecular flexibility index (Phi) is 1.73. The van der Waals surface area contributed by atoms with Gasteiger partial charge in [0.15, 0.2) is 11.6 Å². The Bertz CT molecular complexity index is 365. The van der Waals surface area contributed by atoms with Crippen molar-refractivity contribution in [3.05, 3.63) is 28.8 Å². The van der Waals surface area contributed by atoms with E-state index in [-0.39, 0.29) is 5.56 Å². The van der Waals surface area contributed by atoms with Gasteiger partial charge >= 0.3 is 0 Å². The van der Waals surface area contributed by atoms with Gasteiger partial charge in [0.05, 0.1) is 0 Å². The van der Waals surface area contributed by atoms with Crippen LogP contribution in [0, 0.1) is 11.6 Å². The van der Waals surface area contributed by atoms with Crippen LogP contribution in [0.1, 0.15) is 23.6 Å². The van der Waals surface area contributed by atoms with Crippen molar-refractivity contribution in [3.63, 3.8) is 0 Å². The number of hydrogen-bond acceptors (Lipinski definition) is 2. The quantitative estimate of drug-likeness (QED) is 0.645. The normalized spacial score (nSPS) is 20.4. The third-order valence-corrected chi connectivity index (χ3v) is 2.42. The third-order valence-electron chi connectivity index (χ3n) is 2.42. The van der Waals surface area contributed by atoms with Gasteiger partial charge in [-0.1, -0.05) is 0 Å². The number of nitrogens with two attached hydrogens (primary N) is 1. The van der Waals surface area contributed by atoms with E-state index in [2.05, 4.69) is 0 Å². The van der Waals surface area contributed by atoms with Crippen LogP contribution in [-0.4, -0.2) is 5.11 Å². The second-order valence-corrected chi connectivity index (χ2v) is 3.23. The highest BCUT2D eigenvalue weighted by atomic mass is 19.1. The molecule has 2 nitrogen and oxygen atoms in total. The molecule has 4 heteroatoms. The molecule has 1 aliphatic carbocycles. The lowest BCUT2D eigenvalue weighted by Crippen LogP contribution is -2.07. The molecule has 0 bridgehead atoms. The molecule has 1 aliphatic rings. The Morgan fingerprint density at radius 2 is 2.08 bits per heavy atom. The van der Waals surface area contributed by atoms with Crippen LogP contribution in [0.25, 0.3) is 0 Å². The topological polar surface area (TPSA) is 46.2 Å². The van der Waals surface area contributed by atoms with Crippen LogP contribution in [-0.2, 0) is 6.42 Å². The van der Waals surface area contributed by atoms with Crippen molar-refractivity contribution in [1.29, 1.82) is 0 Å². The van der Waals surface area contributed by atoms with Crippen molar-refractivity contribution < 1.29 is 13.9 Å². The molecule has 2 rings (SSSR count). The minimum absolute atomic E-state index is 0.263. The zero-order chi connectivity index (χ0) is 9.59. The van der Waals surface area contributed by atoms with E-state index in [1.165, 1.54) is 0 Å². The average molecular weight is 185 g/mol. The molecule has 3 N–H and O–H groups in total. The summed E-state index contributed by atoms with van der Waals surface area (Å²) < 4.78 is 26.0. The van der Waals surface area contributed by atoms with E-state index in [4.69, 9.17) is 5.73 Å². The zero-order valence-corrected chi connectivity index (χ0v) is 6.85. The van der Waals surface area contributed by atoms with Crippen molar-refractivity contribution in [1.82, 2.24) is 0 Å². The largest absolute Gasteiger partial charge is 0.505 e. The molecule has 13 heavy (non-hydrogen) atoms. The van der Waals surface area contributed by atoms with Gasteiger partial charge in [0.1, 0.15) is 5.82 Å². The summed E-state index contributed by atoms with van der Waals surface area (Å²) in [5, 5.41) is 9.26. The number of aromatic hydroxyl groups is 1. The second kappa shape index (κ2) is 2.67. The molecule has 0 saturated carbocycles. The molecular weight excluding hydrogens is 176 g/mol. The van der Waals surface area contributed by atoms with E-state index in [0.29, 0.717) is 24.5 Å². The summed E-state index contributed by atoms with van der Waals surface area (Å²) >= 11 is 0. The Labute approximate surface area is 74.0 Å². The molecule has 0 amide bonds. The minimum Gasteiger partial charge on any atom is -0.505 e. The highest BCUT2D eigenvalue weighted by molar-refractivity contribution is 5.45. The van der Waals surface area contributed by atoms with Crippen LogP contribution in [0.15, 0.2) is 6.07 Å². The van der Waals surface area contributed by atoms with Crippen LogP contribution in [0.3, 0.4) is 0 Å². The SMILES string of the molecule is N[C@H]1CCc2c(O)c(F)cc(F)c21. The Balaban J connectivity index is 2.69. The van der Waals surface area contributed by atoms with Gasteiger partial charge in [-0.3, -0.25) is 0 Å². The minimum atomic E-state index is -0.912. The van der Waals surface area contributed by atoms with E-state index < -0.39 is 23.4 Å². The van der Waals surface area contributed by atoms with Crippen molar-refractivity contribution in [2.75, 3.05) is 0 Å². The van der Waals surface area contributed by atoms with Gasteiger partial charge in [0.2, 0.25) is 0 Å². The Morgan fingerprint density at radius 1 is 1.38 bits per heavy atom. The van der Waals surface area contributed by atoms with Gasteiger partial charge < -0.3 is 10.8 Å². The van der Waals surface area contributed by atoms with E-state index >= 15 is 0 Å². The fourth-order valence-corrected chi connectivity index (χ4v) is 1.77. The number of halogens is 2. The molecule has 0 unspecified atom stereocenters. The van der Waals surface area contributed by atoms with Crippen molar-refractivity contribution >= 4 is 0 Å². The lowest BCUT2D eigenvalue weighted by molar-refractivity contribution is 0.421. The van der Waals surface area contributed by atoms with Crippen LogP contribution < -0.4 is 5.73 Å². The van der Waals surface area contributed by atoms with E-state index in [1.807, 2.05) is 0 Å². The van der Waals surface area contributed by atoms with Crippen molar-refractivity contribution in [3.8, 4) is 5.75 Å². The van der Waals surface area contributed by atoms with Gasteiger partial charge in [-0.15, -0.1) is 0 Å². The average Bonchev–Trinajstić information content (AvgIpc) is 2.44. The van der Waals surface area contributed by atoms with Gasteiger partial charge in [0.25, 0.3) is 0 Å². The number of rotatable bonds is 0. The van der Waals surface area contributed by atoms with Gasteiger partial charge in [-0.25, -0.2) is 8.78 Å². The summed E-state index contributed by atoms with van der Waals surface area (Å²) in [6.07, 6.45) is 1.00. The first-order valence-electron chi connectivity index (χ1n) is 4.06. The molecule has 0 aliphatic heterocycles. The lowest BCUT2D eigenvalue weighted by Gasteiger charge is -2.07. The molecule has 0 heterocycles. The van der Waals surface area contributed by atoms with Crippen LogP contribution in [0.2, 0.25) is 0 Å². The fraction of sp³-hybridized carbons (Fsp3) is 0.333. The molecule has 1 atom stereocenters. The Morgan fingerprint density at radius 3 is 2.77 bits per heavy atom. The second-order valence-electron chi connectivity index (χ2n) is 3.23. The van der Waals surface area contributed by atoms with Crippen molar-refractivity contribution in [2.45, 2.75) is 18.9 Å². The smallest absolute Gasteiger partial charge is 0.168 e. The Hall–Kier alpha value is -1.16. The van der Waals surface area contributed by atoms with Crippen molar-refractivity contribution in [2.24, 2.45) is 5.73 Å². The maximum atomic E-state index is 13.2. The fourth-order valence-electron chi connectivity index (χ4n) is 1.77. The first-order valence-corrected chi connectivity index (χ1v) is 4.06. The number of fused-ring (bicyclic) bond motifs is 1. The summed E-state index contributed by atoms with van der Waals surface area (Å²) in [6.45, 7) is 0. The number of benzene rings is 1. The molecule has 0 radical (unpaired) electrons. The highest BCUT2D eigenvalue weighted by Crippen LogP contribution is 2.38. The van der Waals surface area contributed by atoms with Gasteiger partial charge in [0, 0.05) is 23.2 Å². The van der Waals surface area contributed by atoms with E-state index in [9.17, 15) is 13.9 Å². The standard InChI is InChI=1S/C9H9F2NO/c10-5-3-6(11)9(13)4-1-2-7(12)8(4)5/h3,7,13H,1-2,12H2/t7-/m0/s1. The monoisotopic (exact) mass is 185 g/mol. The van der Waals surface area contributed by atoms with E-state index in [1.54, 1.807) is 0 Å². The molecule has 1 aromatic rings. The summed E-state index contributed by atoms with van der Waals surface area (Å²) in [4.78, 5) is 0. The third kappa shape index (κ3) is 1.09. The predicted molar refractivity (Wildman–Crippen MR) is 43.3 cm³/mol. The summed E-state index contributed by atoms with van der Waals surface area (Å²) in [5.41, 5.74) is 6.18. The zero-order valence-electron chi connectivity index (χ0n) is 6.85. The summed E-state index contributed by atoms with van der Waals surface area (Å²) in [7, 11) is 0. The molecule has 0 aromatic heterocycles. The highest BCUT2D eigenvalue weighted by Gasteiger charge is 2.27. The summed E-state index contributed by atoms with van der Waals surface area (Å²) in [6, 6.07) is 0.265. The maximum absolute atomic E-state index is 13.2. The molecule has 70 valence electrons. The van der Waals surface area contributed by atoms with Crippen LogP contribution in [0.5, 0.6) is 5.75 Å². The predicted octanol–water partition coefficient (Wildman–Crippen LogP) is 1.62. The first kappa shape index (κ1) is 8.44. The van der Waals surface area contributed by atoms with Crippen LogP contribution in [0.4, 0.5) is 8.78 Å². The molecule has 0 saturated heterocycles. The molecule has 0 fully saturated rings. The molecule has 1 aromatic carbocycles.